The van der Waals surface area contributed by atoms with E-state index in [2.05, 4.69) is 58.5 Å². The van der Waals surface area contributed by atoms with Crippen LogP contribution < -0.4 is 15.1 Å². The van der Waals surface area contributed by atoms with Gasteiger partial charge in [-0.15, -0.1) is 0 Å². The van der Waals surface area contributed by atoms with E-state index >= 15 is 0 Å². The fourth-order valence-electron chi connectivity index (χ4n) is 3.11. The molecule has 0 aliphatic heterocycles. The summed E-state index contributed by atoms with van der Waals surface area (Å²) in [6, 6.07) is 17.4. The summed E-state index contributed by atoms with van der Waals surface area (Å²) in [6.07, 6.45) is 2.58. The van der Waals surface area contributed by atoms with Crippen LogP contribution >= 0.6 is 0 Å². The molecule has 0 saturated heterocycles. The number of benzene rings is 2. The van der Waals surface area contributed by atoms with Crippen molar-refractivity contribution in [3.63, 3.8) is 0 Å². The lowest BCUT2D eigenvalue weighted by molar-refractivity contribution is 0.0950. The number of hydrogen-bond acceptors (Lipinski definition) is 5. The zero-order valence-corrected chi connectivity index (χ0v) is 18.3. The second-order valence-electron chi connectivity index (χ2n) is 7.00. The third-order valence-electron chi connectivity index (χ3n) is 4.85. The van der Waals surface area contributed by atoms with Gasteiger partial charge in [0.1, 0.15) is 11.4 Å². The highest BCUT2D eigenvalue weighted by molar-refractivity contribution is 5.94. The summed E-state index contributed by atoms with van der Waals surface area (Å²) in [5, 5.41) is 11.0. The van der Waals surface area contributed by atoms with Gasteiger partial charge in [0, 0.05) is 24.3 Å². The molecule has 0 saturated carbocycles. The Bertz CT molecular complexity index is 990. The zero-order valence-electron chi connectivity index (χ0n) is 18.3. The van der Waals surface area contributed by atoms with Crippen LogP contribution in [-0.2, 0) is 0 Å². The number of rotatable bonds is 10. The van der Waals surface area contributed by atoms with Crippen molar-refractivity contribution in [3.8, 4) is 17.0 Å². The van der Waals surface area contributed by atoms with Gasteiger partial charge in [0.05, 0.1) is 18.5 Å². The monoisotopic (exact) mass is 419 g/mol. The van der Waals surface area contributed by atoms with Gasteiger partial charge in [-0.25, -0.2) is 5.43 Å². The van der Waals surface area contributed by atoms with Gasteiger partial charge in [-0.3, -0.25) is 9.89 Å². The van der Waals surface area contributed by atoms with Crippen molar-refractivity contribution in [1.82, 2.24) is 15.6 Å². The Hall–Kier alpha value is -3.61. The van der Waals surface area contributed by atoms with E-state index in [1.807, 2.05) is 36.4 Å². The SMILES string of the molecule is CCCOc1ccc(-c2cc(C(=O)NN=Cc3ccc(N(CC)CC)cc3)[nH]n2)cc1. The van der Waals surface area contributed by atoms with Crippen LogP contribution in [-0.4, -0.2) is 42.0 Å². The quantitative estimate of drug-likeness (QED) is 0.375. The number of amides is 1. The number of ether oxygens (including phenoxy) is 1. The van der Waals surface area contributed by atoms with Crippen LogP contribution in [0.5, 0.6) is 5.75 Å². The minimum Gasteiger partial charge on any atom is -0.494 e. The van der Waals surface area contributed by atoms with Gasteiger partial charge in [-0.2, -0.15) is 10.2 Å². The maximum atomic E-state index is 12.4. The van der Waals surface area contributed by atoms with E-state index in [1.54, 1.807) is 12.3 Å². The minimum atomic E-state index is -0.349. The number of aromatic nitrogens is 2. The Kier molecular flexibility index (Phi) is 7.81. The molecule has 0 aliphatic carbocycles. The number of hydrogen-bond donors (Lipinski definition) is 2. The van der Waals surface area contributed by atoms with Crippen molar-refractivity contribution < 1.29 is 9.53 Å². The van der Waals surface area contributed by atoms with E-state index in [9.17, 15) is 4.79 Å². The number of carbonyl (C=O) groups excluding carboxylic acids is 1. The van der Waals surface area contributed by atoms with E-state index in [4.69, 9.17) is 4.74 Å². The molecule has 7 heteroatoms. The first-order chi connectivity index (χ1) is 15.1. The summed E-state index contributed by atoms with van der Waals surface area (Å²) < 4.78 is 5.59. The lowest BCUT2D eigenvalue weighted by Gasteiger charge is -2.20. The molecule has 1 aromatic heterocycles. The lowest BCUT2D eigenvalue weighted by atomic mass is 10.1. The van der Waals surface area contributed by atoms with Crippen LogP contribution in [0.4, 0.5) is 5.69 Å². The van der Waals surface area contributed by atoms with Gasteiger partial charge in [0.2, 0.25) is 0 Å². The summed E-state index contributed by atoms with van der Waals surface area (Å²) >= 11 is 0. The summed E-state index contributed by atoms with van der Waals surface area (Å²) in [5.41, 5.74) is 6.54. The molecule has 0 aliphatic rings. The highest BCUT2D eigenvalue weighted by Gasteiger charge is 2.10. The molecule has 3 aromatic rings. The number of H-pyrrole nitrogens is 1. The first-order valence-electron chi connectivity index (χ1n) is 10.6. The topological polar surface area (TPSA) is 82.6 Å². The number of carbonyl (C=O) groups is 1. The van der Waals surface area contributed by atoms with Crippen molar-refractivity contribution in [3.05, 3.63) is 65.9 Å². The lowest BCUT2D eigenvalue weighted by Crippen LogP contribution is -2.21. The molecular formula is C24H29N5O2. The minimum absolute atomic E-state index is 0.343. The molecule has 0 spiro atoms. The Morgan fingerprint density at radius 1 is 1.10 bits per heavy atom. The van der Waals surface area contributed by atoms with Gasteiger partial charge in [-0.05, 0) is 68.3 Å². The second-order valence-corrected chi connectivity index (χ2v) is 7.00. The molecule has 1 amide bonds. The van der Waals surface area contributed by atoms with Crippen molar-refractivity contribution in [2.45, 2.75) is 27.2 Å². The number of hydrazone groups is 1. The highest BCUT2D eigenvalue weighted by atomic mass is 16.5. The van der Waals surface area contributed by atoms with Gasteiger partial charge >= 0.3 is 0 Å². The third kappa shape index (κ3) is 5.94. The van der Waals surface area contributed by atoms with E-state index in [0.29, 0.717) is 18.0 Å². The fourth-order valence-corrected chi connectivity index (χ4v) is 3.11. The maximum absolute atomic E-state index is 12.4. The fraction of sp³-hybridized carbons (Fsp3) is 0.292. The zero-order chi connectivity index (χ0) is 22.1. The first kappa shape index (κ1) is 22.1. The molecule has 2 aromatic carbocycles. The molecule has 7 nitrogen and oxygen atoms in total. The third-order valence-corrected chi connectivity index (χ3v) is 4.85. The molecule has 1 heterocycles. The molecule has 31 heavy (non-hydrogen) atoms. The van der Waals surface area contributed by atoms with Crippen LogP contribution in [0.3, 0.4) is 0 Å². The average Bonchev–Trinajstić information content (AvgIpc) is 3.30. The molecule has 3 rings (SSSR count). The molecule has 0 unspecified atom stereocenters. The Morgan fingerprint density at radius 2 is 1.81 bits per heavy atom. The predicted octanol–water partition coefficient (Wildman–Crippen LogP) is 4.48. The van der Waals surface area contributed by atoms with Crippen LogP contribution in [0.2, 0.25) is 0 Å². The number of nitrogens with zero attached hydrogens (tertiary/aromatic N) is 3. The van der Waals surface area contributed by atoms with Crippen LogP contribution in [0, 0.1) is 0 Å². The van der Waals surface area contributed by atoms with E-state index < -0.39 is 0 Å². The van der Waals surface area contributed by atoms with Crippen LogP contribution in [0.25, 0.3) is 11.3 Å². The summed E-state index contributed by atoms with van der Waals surface area (Å²) in [5.74, 6) is 0.469. The normalized spacial score (nSPS) is 10.9. The summed E-state index contributed by atoms with van der Waals surface area (Å²) in [6.45, 7) is 8.94. The molecule has 0 bridgehead atoms. The highest BCUT2D eigenvalue weighted by Crippen LogP contribution is 2.21. The van der Waals surface area contributed by atoms with Crippen molar-refractivity contribution in [2.75, 3.05) is 24.6 Å². The molecule has 0 radical (unpaired) electrons. The molecule has 0 atom stereocenters. The smallest absolute Gasteiger partial charge is 0.289 e. The molecule has 162 valence electrons. The van der Waals surface area contributed by atoms with Crippen LogP contribution in [0.15, 0.2) is 59.7 Å². The number of nitrogens with one attached hydrogen (secondary N) is 2. The van der Waals surface area contributed by atoms with Gasteiger partial charge < -0.3 is 9.64 Å². The largest absolute Gasteiger partial charge is 0.494 e. The molecule has 2 N–H and O–H groups in total. The van der Waals surface area contributed by atoms with Gasteiger partial charge in [0.15, 0.2) is 0 Å². The molecule has 0 fully saturated rings. The van der Waals surface area contributed by atoms with Crippen LogP contribution in [0.1, 0.15) is 43.2 Å². The van der Waals surface area contributed by atoms with E-state index in [0.717, 1.165) is 36.4 Å². The van der Waals surface area contributed by atoms with Crippen molar-refractivity contribution >= 4 is 17.8 Å². The number of aromatic amines is 1. The standard InChI is InChI=1S/C24H29N5O2/c1-4-15-31-21-13-9-19(10-14-21)22-16-23(27-26-22)24(30)28-25-17-18-7-11-20(12-8-18)29(5-2)6-3/h7-14,16-17H,4-6,15H2,1-3H3,(H,26,27)(H,28,30). The maximum Gasteiger partial charge on any atom is 0.289 e. The summed E-state index contributed by atoms with van der Waals surface area (Å²) in [7, 11) is 0. The predicted molar refractivity (Wildman–Crippen MR) is 125 cm³/mol. The Labute approximate surface area is 183 Å². The Balaban J connectivity index is 1.57. The van der Waals surface area contributed by atoms with Gasteiger partial charge in [-0.1, -0.05) is 19.1 Å². The summed E-state index contributed by atoms with van der Waals surface area (Å²) in [4.78, 5) is 14.6. The number of anilines is 1. The van der Waals surface area contributed by atoms with Crippen molar-refractivity contribution in [1.29, 1.82) is 0 Å². The van der Waals surface area contributed by atoms with E-state index in [1.165, 1.54) is 5.69 Å². The van der Waals surface area contributed by atoms with Gasteiger partial charge in [0.25, 0.3) is 5.91 Å². The average molecular weight is 420 g/mol. The molecular weight excluding hydrogens is 390 g/mol. The van der Waals surface area contributed by atoms with Crippen molar-refractivity contribution in [2.24, 2.45) is 5.10 Å². The first-order valence-corrected chi connectivity index (χ1v) is 10.6. The second kappa shape index (κ2) is 11.0. The van der Waals surface area contributed by atoms with E-state index in [-0.39, 0.29) is 5.91 Å². The Morgan fingerprint density at radius 3 is 2.45 bits per heavy atom.